The van der Waals surface area contributed by atoms with Gasteiger partial charge in [0.15, 0.2) is 0 Å². The Bertz CT molecular complexity index is 848. The lowest BCUT2D eigenvalue weighted by atomic mass is 9.97. The van der Waals surface area contributed by atoms with Gasteiger partial charge in [-0.2, -0.15) is 12.6 Å². The van der Waals surface area contributed by atoms with Gasteiger partial charge in [0.05, 0.1) is 6.04 Å². The molecule has 0 aliphatic rings. The largest absolute Gasteiger partial charge is 0.508 e. The molecule has 0 radical (unpaired) electrons. The molecule has 1 aromatic carbocycles. The number of carbonyl (C=O) groups is 4. The molecule has 0 bridgehead atoms. The lowest BCUT2D eigenvalue weighted by Gasteiger charge is -2.28. The molecule has 5 unspecified atom stereocenters. The fraction of sp³-hybridized carbons (Fsp3) is 0.565. The van der Waals surface area contributed by atoms with E-state index in [4.69, 9.17) is 5.73 Å². The summed E-state index contributed by atoms with van der Waals surface area (Å²) >= 11 is 4.01. The molecule has 0 aromatic heterocycles. The van der Waals surface area contributed by atoms with E-state index in [9.17, 15) is 29.4 Å². The minimum atomic E-state index is -1.16. The predicted molar refractivity (Wildman–Crippen MR) is 131 cm³/mol. The quantitative estimate of drug-likeness (QED) is 0.194. The lowest BCUT2D eigenvalue weighted by molar-refractivity contribution is -0.144. The van der Waals surface area contributed by atoms with E-state index < -0.39 is 47.9 Å². The SMILES string of the molecule is CCC(C)C(NC(=O)C(NC(=O)C(Cc1ccc(O)cc1)NC(=O)C(N)CS)C(C)C)C(=O)O. The Balaban J connectivity index is 3.09. The molecule has 34 heavy (non-hydrogen) atoms. The van der Waals surface area contributed by atoms with E-state index in [1.54, 1.807) is 32.9 Å². The van der Waals surface area contributed by atoms with E-state index in [1.807, 2.05) is 6.92 Å². The highest BCUT2D eigenvalue weighted by atomic mass is 32.1. The molecule has 0 saturated carbocycles. The van der Waals surface area contributed by atoms with Gasteiger partial charge in [0.25, 0.3) is 0 Å². The summed E-state index contributed by atoms with van der Waals surface area (Å²) in [7, 11) is 0. The number of carboxylic acids is 1. The number of aliphatic carboxylic acids is 1. The van der Waals surface area contributed by atoms with Crippen molar-refractivity contribution in [1.29, 1.82) is 0 Å². The van der Waals surface area contributed by atoms with Gasteiger partial charge in [0.1, 0.15) is 23.9 Å². The molecular weight excluding hydrogens is 460 g/mol. The molecule has 3 amide bonds. The van der Waals surface area contributed by atoms with Crippen molar-refractivity contribution >= 4 is 36.3 Å². The van der Waals surface area contributed by atoms with Crippen LogP contribution in [0.2, 0.25) is 0 Å². The lowest BCUT2D eigenvalue weighted by Crippen LogP contribution is -2.59. The minimum Gasteiger partial charge on any atom is -0.508 e. The summed E-state index contributed by atoms with van der Waals surface area (Å²) in [6.07, 6.45) is 0.621. The fourth-order valence-corrected chi connectivity index (χ4v) is 3.32. The first-order valence-electron chi connectivity index (χ1n) is 11.2. The summed E-state index contributed by atoms with van der Waals surface area (Å²) < 4.78 is 0. The number of hydrogen-bond donors (Lipinski definition) is 7. The van der Waals surface area contributed by atoms with Crippen molar-refractivity contribution < 1.29 is 29.4 Å². The molecule has 0 saturated heterocycles. The highest BCUT2D eigenvalue weighted by Gasteiger charge is 2.33. The fourth-order valence-electron chi connectivity index (χ4n) is 3.15. The van der Waals surface area contributed by atoms with E-state index in [1.165, 1.54) is 12.1 Å². The Morgan fingerprint density at radius 2 is 1.50 bits per heavy atom. The summed E-state index contributed by atoms with van der Waals surface area (Å²) in [4.78, 5) is 50.1. The van der Waals surface area contributed by atoms with Crippen LogP contribution in [-0.2, 0) is 25.6 Å². The maximum absolute atomic E-state index is 13.2. The number of aromatic hydroxyl groups is 1. The van der Waals surface area contributed by atoms with Crippen molar-refractivity contribution in [3.05, 3.63) is 29.8 Å². The smallest absolute Gasteiger partial charge is 0.326 e. The maximum Gasteiger partial charge on any atom is 0.326 e. The number of phenols is 1. The van der Waals surface area contributed by atoms with Crippen LogP contribution in [0.5, 0.6) is 5.75 Å². The van der Waals surface area contributed by atoms with Crippen LogP contribution in [0.1, 0.15) is 39.7 Å². The Hall–Kier alpha value is -2.79. The summed E-state index contributed by atoms with van der Waals surface area (Å²) in [5, 5.41) is 26.7. The third kappa shape index (κ3) is 8.86. The monoisotopic (exact) mass is 496 g/mol. The van der Waals surface area contributed by atoms with Crippen molar-refractivity contribution in [1.82, 2.24) is 16.0 Å². The minimum absolute atomic E-state index is 0.0525. The average molecular weight is 497 g/mol. The van der Waals surface area contributed by atoms with E-state index in [0.717, 1.165) is 0 Å². The van der Waals surface area contributed by atoms with Gasteiger partial charge < -0.3 is 31.9 Å². The van der Waals surface area contributed by atoms with Gasteiger partial charge in [-0.25, -0.2) is 4.79 Å². The van der Waals surface area contributed by atoms with Gasteiger partial charge in [0.2, 0.25) is 17.7 Å². The number of hydrogen-bond acceptors (Lipinski definition) is 7. The number of nitrogens with one attached hydrogen (secondary N) is 3. The van der Waals surface area contributed by atoms with Crippen LogP contribution in [0.4, 0.5) is 0 Å². The zero-order valence-corrected chi connectivity index (χ0v) is 20.8. The van der Waals surface area contributed by atoms with Crippen molar-refractivity contribution in [3.8, 4) is 5.75 Å². The van der Waals surface area contributed by atoms with Crippen molar-refractivity contribution in [2.75, 3.05) is 5.75 Å². The Kier molecular flexibility index (Phi) is 11.9. The number of benzene rings is 1. The summed E-state index contributed by atoms with van der Waals surface area (Å²) in [5.41, 5.74) is 6.39. The second-order valence-electron chi connectivity index (χ2n) is 8.66. The first-order chi connectivity index (χ1) is 15.9. The Labute approximate surface area is 205 Å². The topological polar surface area (TPSA) is 171 Å². The second kappa shape index (κ2) is 13.8. The third-order valence-corrected chi connectivity index (χ3v) is 5.96. The van der Waals surface area contributed by atoms with Crippen LogP contribution in [-0.4, -0.2) is 63.8 Å². The molecule has 0 aliphatic heterocycles. The first-order valence-corrected chi connectivity index (χ1v) is 11.8. The zero-order chi connectivity index (χ0) is 26.0. The van der Waals surface area contributed by atoms with Gasteiger partial charge in [-0.1, -0.05) is 46.2 Å². The number of carbonyl (C=O) groups excluding carboxylic acids is 3. The summed E-state index contributed by atoms with van der Waals surface area (Å²) in [6.45, 7) is 6.97. The maximum atomic E-state index is 13.2. The summed E-state index contributed by atoms with van der Waals surface area (Å²) in [6, 6.07) is 1.99. The van der Waals surface area contributed by atoms with E-state index in [2.05, 4.69) is 28.6 Å². The normalized spacial score (nSPS) is 15.5. The van der Waals surface area contributed by atoms with Gasteiger partial charge >= 0.3 is 5.97 Å². The molecule has 0 spiro atoms. The number of rotatable bonds is 13. The number of carboxylic acid groups (broad SMARTS) is 1. The molecule has 1 aromatic rings. The van der Waals surface area contributed by atoms with E-state index >= 15 is 0 Å². The molecule has 0 fully saturated rings. The molecule has 1 rings (SSSR count). The molecule has 7 N–H and O–H groups in total. The Morgan fingerprint density at radius 3 is 1.97 bits per heavy atom. The van der Waals surface area contributed by atoms with Crippen molar-refractivity contribution in [2.24, 2.45) is 17.6 Å². The van der Waals surface area contributed by atoms with Crippen LogP contribution in [0.3, 0.4) is 0 Å². The third-order valence-electron chi connectivity index (χ3n) is 5.57. The predicted octanol–water partition coefficient (Wildman–Crippen LogP) is 0.433. The molecule has 0 heterocycles. The molecule has 5 atom stereocenters. The van der Waals surface area contributed by atoms with Crippen LogP contribution in [0, 0.1) is 11.8 Å². The van der Waals surface area contributed by atoms with Crippen LogP contribution in [0.15, 0.2) is 24.3 Å². The van der Waals surface area contributed by atoms with Crippen LogP contribution in [0.25, 0.3) is 0 Å². The van der Waals surface area contributed by atoms with Gasteiger partial charge in [-0.15, -0.1) is 0 Å². The molecule has 11 heteroatoms. The zero-order valence-electron chi connectivity index (χ0n) is 19.9. The van der Waals surface area contributed by atoms with Gasteiger partial charge in [-0.05, 0) is 29.5 Å². The number of amides is 3. The number of nitrogens with two attached hydrogens (primary N) is 1. The molecular formula is C23H36N4O6S. The Morgan fingerprint density at radius 1 is 0.941 bits per heavy atom. The van der Waals surface area contributed by atoms with Crippen LogP contribution >= 0.6 is 12.6 Å². The van der Waals surface area contributed by atoms with Gasteiger partial charge in [0, 0.05) is 12.2 Å². The second-order valence-corrected chi connectivity index (χ2v) is 9.03. The average Bonchev–Trinajstić information content (AvgIpc) is 2.79. The van der Waals surface area contributed by atoms with Crippen molar-refractivity contribution in [2.45, 2.75) is 64.7 Å². The summed E-state index contributed by atoms with van der Waals surface area (Å²) in [5.74, 6) is -3.54. The molecule has 0 aliphatic carbocycles. The van der Waals surface area contributed by atoms with Crippen molar-refractivity contribution in [3.63, 3.8) is 0 Å². The molecule has 190 valence electrons. The highest BCUT2D eigenvalue weighted by molar-refractivity contribution is 7.80. The van der Waals surface area contributed by atoms with E-state index in [-0.39, 0.29) is 29.8 Å². The number of thiol groups is 1. The molecule has 10 nitrogen and oxygen atoms in total. The van der Waals surface area contributed by atoms with Gasteiger partial charge in [-0.3, -0.25) is 14.4 Å². The highest BCUT2D eigenvalue weighted by Crippen LogP contribution is 2.13. The van der Waals surface area contributed by atoms with E-state index in [0.29, 0.717) is 12.0 Å². The standard InChI is InChI=1S/C23H36N4O6S/c1-5-13(4)19(23(32)33)27-22(31)18(12(2)3)26-21(30)17(25-20(29)16(24)11-34)10-14-6-8-15(28)9-7-14/h6-9,12-13,16-19,28,34H,5,10-11,24H2,1-4H3,(H,25,29)(H,26,30)(H,27,31)(H,32,33). The first kappa shape index (κ1) is 29.2. The number of phenolic OH excluding ortho intramolecular Hbond substituents is 1. The van der Waals surface area contributed by atoms with Crippen LogP contribution < -0.4 is 21.7 Å².